The molecule has 2 saturated heterocycles. The molecule has 2 aromatic carbocycles. The van der Waals surface area contributed by atoms with Crippen molar-refractivity contribution in [1.29, 1.82) is 0 Å². The molecule has 4 aliphatic rings. The summed E-state index contributed by atoms with van der Waals surface area (Å²) < 4.78 is 57.4. The Kier molecular flexibility index (Phi) is 7.04. The number of fused-ring (bicyclic) bond motifs is 4. The van der Waals surface area contributed by atoms with E-state index >= 15 is 0 Å². The van der Waals surface area contributed by atoms with Gasteiger partial charge >= 0.3 is 6.36 Å². The smallest absolute Gasteiger partial charge is 0.508 e. The molecular formula is C30H24Cl2F4N2O6. The van der Waals surface area contributed by atoms with Crippen LogP contribution in [0.3, 0.4) is 0 Å². The highest BCUT2D eigenvalue weighted by atomic mass is 35.5. The molecule has 0 aromatic heterocycles. The number of allylic oxidation sites excluding steroid dienone is 2. The van der Waals surface area contributed by atoms with Crippen LogP contribution in [-0.4, -0.2) is 56.3 Å². The van der Waals surface area contributed by atoms with Crippen LogP contribution in [0.1, 0.15) is 37.7 Å². The fourth-order valence-corrected chi connectivity index (χ4v) is 8.14. The number of amides is 4. The van der Waals surface area contributed by atoms with Crippen LogP contribution >= 0.6 is 23.2 Å². The second kappa shape index (κ2) is 10.2. The van der Waals surface area contributed by atoms with E-state index < -0.39 is 80.7 Å². The summed E-state index contributed by atoms with van der Waals surface area (Å²) in [5, 5.41) is 11.0. The standard InChI is InChI=1S/C30H24Cl2F4N2O6/c1-2-11-37-24(40)18-9-8-17-20(22(18)25(37)41)13-28(31)26(42)38(15-5-3-14(33)4-6-15)27(43)29(28,32)23(17)19-12-16(7-10-21(19)39)44-30(34,35)36/h3-8,10,12,18,20,22-23,39H,2,9,11,13H2,1H3/t18-,20+,22-,23+,28+,29-/m0/s1. The molecular weight excluding hydrogens is 631 g/mol. The highest BCUT2D eigenvalue weighted by Crippen LogP contribution is 2.66. The number of ether oxygens (including phenoxy) is 1. The summed E-state index contributed by atoms with van der Waals surface area (Å²) >= 11 is 14.3. The molecule has 0 radical (unpaired) electrons. The number of phenolic OH excluding ortho intramolecular Hbond substituents is 1. The Hall–Kier alpha value is -3.64. The molecule has 2 aromatic rings. The zero-order valence-corrected chi connectivity index (χ0v) is 24.4. The number of hydrogen-bond acceptors (Lipinski definition) is 6. The number of rotatable bonds is 5. The Balaban J connectivity index is 1.57. The van der Waals surface area contributed by atoms with Gasteiger partial charge in [0.2, 0.25) is 11.8 Å². The fraction of sp³-hybridized carbons (Fsp3) is 0.400. The van der Waals surface area contributed by atoms with Crippen molar-refractivity contribution < 1.29 is 46.6 Å². The summed E-state index contributed by atoms with van der Waals surface area (Å²) in [4.78, 5) is 52.4. The molecule has 4 amide bonds. The second-order valence-corrected chi connectivity index (χ2v) is 12.6. The van der Waals surface area contributed by atoms with Crippen molar-refractivity contribution >= 4 is 52.5 Å². The molecule has 2 aliphatic heterocycles. The number of carbonyl (C=O) groups is 4. The van der Waals surface area contributed by atoms with Crippen molar-refractivity contribution in [3.63, 3.8) is 0 Å². The van der Waals surface area contributed by atoms with Crippen molar-refractivity contribution in [2.45, 2.75) is 48.2 Å². The molecule has 44 heavy (non-hydrogen) atoms. The number of imide groups is 2. The lowest BCUT2D eigenvalue weighted by molar-refractivity contribution is -0.274. The molecule has 14 heteroatoms. The molecule has 232 valence electrons. The number of hydrogen-bond donors (Lipinski definition) is 1. The van der Waals surface area contributed by atoms with Crippen molar-refractivity contribution in [2.24, 2.45) is 17.8 Å². The third kappa shape index (κ3) is 4.24. The normalized spacial score (nSPS) is 31.6. The lowest BCUT2D eigenvalue weighted by Crippen LogP contribution is -2.60. The summed E-state index contributed by atoms with van der Waals surface area (Å²) in [7, 11) is 0. The molecule has 6 rings (SSSR count). The van der Waals surface area contributed by atoms with Gasteiger partial charge in [0.15, 0.2) is 9.75 Å². The van der Waals surface area contributed by atoms with E-state index in [1.165, 1.54) is 0 Å². The van der Waals surface area contributed by atoms with Gasteiger partial charge in [-0.3, -0.25) is 24.1 Å². The number of likely N-dealkylation sites (tertiary alicyclic amines) is 1. The fourth-order valence-electron chi connectivity index (χ4n) is 7.21. The van der Waals surface area contributed by atoms with Crippen LogP contribution in [0, 0.1) is 23.6 Å². The zero-order chi connectivity index (χ0) is 31.9. The minimum Gasteiger partial charge on any atom is -0.508 e. The molecule has 6 atom stereocenters. The van der Waals surface area contributed by atoms with E-state index in [1.54, 1.807) is 13.0 Å². The Morgan fingerprint density at radius 2 is 1.68 bits per heavy atom. The first kappa shape index (κ1) is 30.4. The van der Waals surface area contributed by atoms with E-state index in [0.29, 0.717) is 11.3 Å². The Morgan fingerprint density at radius 3 is 2.32 bits per heavy atom. The Labute approximate surface area is 258 Å². The second-order valence-electron chi connectivity index (χ2n) is 11.3. The van der Waals surface area contributed by atoms with Gasteiger partial charge in [0, 0.05) is 18.0 Å². The SMILES string of the molecule is CCCN1C(=O)[C@H]2[C@H](CC=C3[C@H]2C[C@@]2(Cl)C(=O)N(c4ccc(F)cc4)C(=O)[C@@]2(Cl)[C@H]3c2cc(OC(F)(F)F)ccc2O)C1=O. The Bertz CT molecular complexity index is 1630. The van der Waals surface area contributed by atoms with E-state index in [-0.39, 0.29) is 36.2 Å². The number of alkyl halides is 5. The molecule has 2 aliphatic carbocycles. The maximum atomic E-state index is 14.3. The molecule has 3 fully saturated rings. The molecule has 8 nitrogen and oxygen atoms in total. The van der Waals surface area contributed by atoms with Gasteiger partial charge in [-0.25, -0.2) is 9.29 Å². The number of anilines is 1. The van der Waals surface area contributed by atoms with Crippen molar-refractivity contribution in [3.8, 4) is 11.5 Å². The van der Waals surface area contributed by atoms with Crippen molar-refractivity contribution in [2.75, 3.05) is 11.4 Å². The first-order chi connectivity index (χ1) is 20.6. The van der Waals surface area contributed by atoms with Gasteiger partial charge in [0.25, 0.3) is 11.8 Å². The number of halogens is 6. The minimum atomic E-state index is -5.10. The van der Waals surface area contributed by atoms with Crippen LogP contribution in [0.5, 0.6) is 11.5 Å². The van der Waals surface area contributed by atoms with E-state index in [0.717, 1.165) is 47.4 Å². The summed E-state index contributed by atoms with van der Waals surface area (Å²) in [6.45, 7) is 1.96. The van der Waals surface area contributed by atoms with E-state index in [2.05, 4.69) is 4.74 Å². The maximum absolute atomic E-state index is 14.3. The monoisotopic (exact) mass is 654 g/mol. The lowest BCUT2D eigenvalue weighted by Gasteiger charge is -2.50. The van der Waals surface area contributed by atoms with E-state index in [4.69, 9.17) is 23.2 Å². The number of aromatic hydroxyl groups is 1. The number of nitrogens with zero attached hydrogens (tertiary/aromatic N) is 2. The van der Waals surface area contributed by atoms with Gasteiger partial charge in [-0.05, 0) is 67.6 Å². The highest BCUT2D eigenvalue weighted by Gasteiger charge is 2.77. The summed E-state index contributed by atoms with van der Waals surface area (Å²) in [6, 6.07) is 7.00. The van der Waals surface area contributed by atoms with Crippen LogP contribution in [0.2, 0.25) is 0 Å². The largest absolute Gasteiger partial charge is 0.573 e. The number of phenols is 1. The van der Waals surface area contributed by atoms with Gasteiger partial charge in [0.05, 0.1) is 17.5 Å². The molecule has 0 spiro atoms. The molecule has 1 N–H and O–H groups in total. The van der Waals surface area contributed by atoms with E-state index in [9.17, 15) is 41.8 Å². The van der Waals surface area contributed by atoms with Gasteiger partial charge in [-0.15, -0.1) is 36.4 Å². The van der Waals surface area contributed by atoms with Crippen LogP contribution < -0.4 is 9.64 Å². The first-order valence-corrected chi connectivity index (χ1v) is 14.6. The van der Waals surface area contributed by atoms with Crippen molar-refractivity contribution in [1.82, 2.24) is 4.90 Å². The summed E-state index contributed by atoms with van der Waals surface area (Å²) in [5.74, 6) is -9.19. The highest BCUT2D eigenvalue weighted by molar-refractivity contribution is 6.58. The number of benzene rings is 2. The molecule has 1 saturated carbocycles. The predicted octanol–water partition coefficient (Wildman–Crippen LogP) is 5.40. The molecule has 0 bridgehead atoms. The van der Waals surface area contributed by atoms with Crippen LogP contribution in [0.25, 0.3) is 0 Å². The molecule has 2 heterocycles. The minimum absolute atomic E-state index is 0.0450. The van der Waals surface area contributed by atoms with Gasteiger partial charge in [-0.2, -0.15) is 0 Å². The maximum Gasteiger partial charge on any atom is 0.573 e. The third-order valence-electron chi connectivity index (χ3n) is 8.98. The van der Waals surface area contributed by atoms with Gasteiger partial charge < -0.3 is 9.84 Å². The van der Waals surface area contributed by atoms with E-state index in [1.807, 2.05) is 0 Å². The van der Waals surface area contributed by atoms with Crippen molar-refractivity contribution in [3.05, 3.63) is 65.5 Å². The van der Waals surface area contributed by atoms with Crippen LogP contribution in [0.4, 0.5) is 23.2 Å². The topological polar surface area (TPSA) is 104 Å². The lowest BCUT2D eigenvalue weighted by atomic mass is 9.56. The number of carbonyl (C=O) groups excluding carboxylic acids is 4. The third-order valence-corrected chi connectivity index (χ3v) is 10.4. The van der Waals surface area contributed by atoms with Crippen LogP contribution in [-0.2, 0) is 19.2 Å². The first-order valence-electron chi connectivity index (χ1n) is 13.8. The summed E-state index contributed by atoms with van der Waals surface area (Å²) in [6.07, 6.45) is -3.35. The summed E-state index contributed by atoms with van der Waals surface area (Å²) in [5.41, 5.74) is -0.0897. The average molecular weight is 655 g/mol. The van der Waals surface area contributed by atoms with Gasteiger partial charge in [0.1, 0.15) is 17.3 Å². The Morgan fingerprint density at radius 1 is 1.00 bits per heavy atom. The predicted molar refractivity (Wildman–Crippen MR) is 148 cm³/mol. The van der Waals surface area contributed by atoms with Crippen LogP contribution in [0.15, 0.2) is 54.1 Å². The molecule has 0 unspecified atom stereocenters. The zero-order valence-electron chi connectivity index (χ0n) is 22.9. The average Bonchev–Trinajstić information content (AvgIpc) is 3.28. The quantitative estimate of drug-likeness (QED) is 0.200. The van der Waals surface area contributed by atoms with Gasteiger partial charge in [-0.1, -0.05) is 18.6 Å².